The molecule has 0 aromatic heterocycles. The maximum atomic E-state index is 13.9. The summed E-state index contributed by atoms with van der Waals surface area (Å²) in [6.07, 6.45) is 1.67. The Kier molecular flexibility index (Phi) is 5.86. The van der Waals surface area contributed by atoms with Crippen LogP contribution in [-0.4, -0.2) is 55.4 Å². The van der Waals surface area contributed by atoms with E-state index in [4.69, 9.17) is 34.8 Å². The van der Waals surface area contributed by atoms with Gasteiger partial charge in [0.15, 0.2) is 9.75 Å². The maximum absolute atomic E-state index is 13.9. The van der Waals surface area contributed by atoms with Crippen molar-refractivity contribution in [3.8, 4) is 5.75 Å². The van der Waals surface area contributed by atoms with Crippen LogP contribution in [-0.2, 0) is 19.2 Å². The number of carbonyl (C=O) groups is 4. The third-order valence-electron chi connectivity index (χ3n) is 8.61. The highest BCUT2D eigenvalue weighted by molar-refractivity contribution is 6.53. The van der Waals surface area contributed by atoms with Gasteiger partial charge in [0.2, 0.25) is 11.8 Å². The number of nitro groups is 1. The number of benzene rings is 2. The van der Waals surface area contributed by atoms with Crippen molar-refractivity contribution in [3.05, 3.63) is 74.8 Å². The highest BCUT2D eigenvalue weighted by atomic mass is 35.5. The minimum atomic E-state index is -2.00. The number of non-ortho nitro benzene ring substituents is 1. The molecule has 0 bridgehead atoms. The molecule has 2 heterocycles. The standard InChI is InChI=1S/C27H20Cl3N3O7/c1-31-24(37)26(29)11-18-15(21(27(26,30)25(31)38)16-6-5-14(34)10-19(16)28)7-8-17-20(18)23(36)32(22(17)35)12-3-2-4-13(9-12)33(39)40/h2-7,9-10,17-18,20-21,34H,8,11H2,1H3. The first-order valence-corrected chi connectivity index (χ1v) is 13.5. The zero-order valence-corrected chi connectivity index (χ0v) is 23.0. The number of alkyl halides is 2. The van der Waals surface area contributed by atoms with E-state index in [1.807, 2.05) is 0 Å². The second-order valence-electron chi connectivity index (χ2n) is 10.5. The topological polar surface area (TPSA) is 138 Å². The van der Waals surface area contributed by atoms with Crippen LogP contribution in [0, 0.1) is 27.9 Å². The molecule has 3 fully saturated rings. The summed E-state index contributed by atoms with van der Waals surface area (Å²) in [7, 11) is 1.28. The van der Waals surface area contributed by atoms with Gasteiger partial charge in [0, 0.05) is 30.1 Å². The number of hydrogen-bond acceptors (Lipinski definition) is 7. The van der Waals surface area contributed by atoms with Crippen LogP contribution in [0.3, 0.4) is 0 Å². The predicted octanol–water partition coefficient (Wildman–Crippen LogP) is 4.15. The van der Waals surface area contributed by atoms with Crippen LogP contribution in [0.15, 0.2) is 54.1 Å². The van der Waals surface area contributed by atoms with Gasteiger partial charge in [-0.1, -0.05) is 35.4 Å². The molecule has 4 aliphatic rings. The van der Waals surface area contributed by atoms with Crippen molar-refractivity contribution in [3.63, 3.8) is 0 Å². The number of halogens is 3. The number of aromatic hydroxyl groups is 1. The number of hydrogen-bond donors (Lipinski definition) is 1. The molecule has 10 nitrogen and oxygen atoms in total. The fourth-order valence-electron chi connectivity index (χ4n) is 6.84. The van der Waals surface area contributed by atoms with Gasteiger partial charge in [0.05, 0.1) is 22.4 Å². The normalized spacial score (nSPS) is 33.0. The molecule has 40 heavy (non-hydrogen) atoms. The molecule has 2 aliphatic heterocycles. The Hall–Kier alpha value is -3.47. The Labute approximate surface area is 242 Å². The molecular formula is C27H20Cl3N3O7. The van der Waals surface area contributed by atoms with Crippen LogP contribution in [0.5, 0.6) is 5.75 Å². The number of phenols is 1. The molecule has 0 radical (unpaired) electrons. The van der Waals surface area contributed by atoms with Crippen molar-refractivity contribution in [2.24, 2.45) is 17.8 Å². The van der Waals surface area contributed by atoms with Gasteiger partial charge in [-0.2, -0.15) is 0 Å². The van der Waals surface area contributed by atoms with E-state index in [0.29, 0.717) is 11.1 Å². The number of nitro benzene ring substituents is 1. The lowest BCUT2D eigenvalue weighted by atomic mass is 9.56. The van der Waals surface area contributed by atoms with Crippen LogP contribution in [0.25, 0.3) is 0 Å². The van der Waals surface area contributed by atoms with Gasteiger partial charge >= 0.3 is 0 Å². The lowest BCUT2D eigenvalue weighted by Gasteiger charge is -2.51. The molecule has 2 aromatic carbocycles. The minimum Gasteiger partial charge on any atom is -0.508 e. The molecular weight excluding hydrogens is 585 g/mol. The van der Waals surface area contributed by atoms with Crippen LogP contribution < -0.4 is 4.90 Å². The number of anilines is 1. The summed E-state index contributed by atoms with van der Waals surface area (Å²) in [6.45, 7) is 0. The second kappa shape index (κ2) is 8.76. The van der Waals surface area contributed by atoms with Crippen molar-refractivity contribution >= 4 is 69.8 Å². The highest BCUT2D eigenvalue weighted by Crippen LogP contribution is 2.66. The van der Waals surface area contributed by atoms with Gasteiger partial charge in [0.25, 0.3) is 17.5 Å². The molecule has 6 atom stereocenters. The quantitative estimate of drug-likeness (QED) is 0.183. The van der Waals surface area contributed by atoms with Crippen LogP contribution in [0.2, 0.25) is 5.02 Å². The molecule has 6 rings (SSSR count). The summed E-state index contributed by atoms with van der Waals surface area (Å²) in [6, 6.07) is 9.38. The Morgan fingerprint density at radius 1 is 1.02 bits per heavy atom. The Morgan fingerprint density at radius 2 is 1.75 bits per heavy atom. The summed E-state index contributed by atoms with van der Waals surface area (Å²) in [5.74, 6) is -6.32. The third kappa shape index (κ3) is 3.30. The number of phenolic OH excluding ortho intramolecular Hbond substituents is 1. The van der Waals surface area contributed by atoms with E-state index < -0.39 is 62.0 Å². The Morgan fingerprint density at radius 3 is 2.42 bits per heavy atom. The van der Waals surface area contributed by atoms with Gasteiger partial charge in [-0.3, -0.25) is 34.2 Å². The summed E-state index contributed by atoms with van der Waals surface area (Å²) in [4.78, 5) is 63.1. The van der Waals surface area contributed by atoms with Crippen molar-refractivity contribution in [1.29, 1.82) is 0 Å². The largest absolute Gasteiger partial charge is 0.508 e. The second-order valence-corrected chi connectivity index (χ2v) is 12.1. The van der Waals surface area contributed by atoms with Gasteiger partial charge in [-0.25, -0.2) is 4.90 Å². The number of nitrogens with zero attached hydrogens (tertiary/aromatic N) is 3. The molecule has 206 valence electrons. The van der Waals surface area contributed by atoms with Gasteiger partial charge in [0.1, 0.15) is 5.75 Å². The van der Waals surface area contributed by atoms with E-state index in [1.54, 1.807) is 6.08 Å². The number of fused-ring (bicyclic) bond motifs is 4. The SMILES string of the molecule is CN1C(=O)C2(Cl)CC3C(=CCC4C(=O)N(c5cccc([N+](=O)[O-])c5)C(=O)C43)C(c3ccc(O)cc3Cl)C2(Cl)C1=O. The number of allylic oxidation sites excluding steroid dienone is 2. The number of rotatable bonds is 3. The summed E-state index contributed by atoms with van der Waals surface area (Å²) < 4.78 is 0. The lowest BCUT2D eigenvalue weighted by Crippen LogP contribution is -2.60. The van der Waals surface area contributed by atoms with Crippen molar-refractivity contribution < 1.29 is 29.2 Å². The average Bonchev–Trinajstić information content (AvgIpc) is 3.24. The van der Waals surface area contributed by atoms with Gasteiger partial charge < -0.3 is 5.11 Å². The first kappa shape index (κ1) is 26.7. The Balaban J connectivity index is 1.51. The lowest BCUT2D eigenvalue weighted by molar-refractivity contribution is -0.384. The monoisotopic (exact) mass is 603 g/mol. The zero-order chi connectivity index (χ0) is 28.9. The first-order chi connectivity index (χ1) is 18.8. The van der Waals surface area contributed by atoms with Gasteiger partial charge in [-0.05, 0) is 42.5 Å². The number of likely N-dealkylation sites (tertiary alicyclic amines) is 1. The molecule has 2 saturated heterocycles. The molecule has 1 N–H and O–H groups in total. The number of amides is 4. The van der Waals surface area contributed by atoms with E-state index in [9.17, 15) is 34.4 Å². The highest BCUT2D eigenvalue weighted by Gasteiger charge is 2.76. The van der Waals surface area contributed by atoms with Crippen molar-refractivity contribution in [2.45, 2.75) is 28.5 Å². The van der Waals surface area contributed by atoms with E-state index in [0.717, 1.165) is 15.9 Å². The number of carbonyl (C=O) groups excluding carboxylic acids is 4. The third-order valence-corrected chi connectivity index (χ3v) is 10.3. The van der Waals surface area contributed by atoms with Crippen LogP contribution in [0.4, 0.5) is 11.4 Å². The van der Waals surface area contributed by atoms with Crippen molar-refractivity contribution in [2.75, 3.05) is 11.9 Å². The fraction of sp³-hybridized carbons (Fsp3) is 0.333. The minimum absolute atomic E-state index is 0.0632. The van der Waals surface area contributed by atoms with Gasteiger partial charge in [-0.15, -0.1) is 23.2 Å². The predicted molar refractivity (Wildman–Crippen MR) is 144 cm³/mol. The fourth-order valence-corrected chi connectivity index (χ4v) is 8.13. The Bertz CT molecular complexity index is 1590. The molecule has 0 spiro atoms. The van der Waals surface area contributed by atoms with Crippen LogP contribution >= 0.6 is 34.8 Å². The zero-order valence-electron chi connectivity index (χ0n) is 20.7. The summed E-state index contributed by atoms with van der Waals surface area (Å²) in [5, 5.41) is 21.4. The molecule has 13 heteroatoms. The van der Waals surface area contributed by atoms with E-state index in [2.05, 4.69) is 0 Å². The molecule has 1 saturated carbocycles. The van der Waals surface area contributed by atoms with Crippen LogP contribution in [0.1, 0.15) is 24.3 Å². The molecule has 4 amide bonds. The number of imide groups is 2. The van der Waals surface area contributed by atoms with E-state index in [1.165, 1.54) is 43.4 Å². The maximum Gasteiger partial charge on any atom is 0.271 e. The smallest absolute Gasteiger partial charge is 0.271 e. The van der Waals surface area contributed by atoms with E-state index in [-0.39, 0.29) is 35.0 Å². The summed E-state index contributed by atoms with van der Waals surface area (Å²) in [5.41, 5.74) is 0.653. The van der Waals surface area contributed by atoms with E-state index >= 15 is 0 Å². The summed E-state index contributed by atoms with van der Waals surface area (Å²) >= 11 is 20.7. The average molecular weight is 605 g/mol. The molecule has 6 unspecified atom stereocenters. The first-order valence-electron chi connectivity index (χ1n) is 12.3. The molecule has 2 aromatic rings. The van der Waals surface area contributed by atoms with Crippen molar-refractivity contribution in [1.82, 2.24) is 4.90 Å². The molecule has 2 aliphatic carbocycles.